The molecule has 0 aliphatic rings. The smallest absolute Gasteiger partial charge is 0.310 e. The number of alkyl halides is 3. The minimum absolute atomic E-state index is 0.0670. The maximum Gasteiger partial charge on any atom is 0.417 e. The highest BCUT2D eigenvalue weighted by Crippen LogP contribution is 2.36. The molecule has 0 fully saturated rings. The zero-order valence-electron chi connectivity index (χ0n) is 11.4. The van der Waals surface area contributed by atoms with Crippen molar-refractivity contribution in [1.29, 1.82) is 0 Å². The summed E-state index contributed by atoms with van der Waals surface area (Å²) in [5, 5.41) is 3.21. The van der Waals surface area contributed by atoms with Gasteiger partial charge in [0.15, 0.2) is 0 Å². The Morgan fingerprint density at radius 1 is 1.35 bits per heavy atom. The van der Waals surface area contributed by atoms with E-state index in [0.717, 1.165) is 0 Å². The molecule has 0 amide bonds. The zero-order chi connectivity index (χ0) is 15.2. The SMILES string of the molecule is CC#CCCC(NCC)c1ccc(Br)c(C(F)(F)F)c1. The zero-order valence-corrected chi connectivity index (χ0v) is 13.0. The molecule has 1 aromatic rings. The first-order chi connectivity index (χ1) is 9.40. The van der Waals surface area contributed by atoms with Gasteiger partial charge in [-0.3, -0.25) is 0 Å². The molecule has 1 aromatic carbocycles. The van der Waals surface area contributed by atoms with E-state index >= 15 is 0 Å². The maximum absolute atomic E-state index is 12.9. The number of halogens is 4. The Bertz CT molecular complexity index is 500. The van der Waals surface area contributed by atoms with Gasteiger partial charge in [0.2, 0.25) is 0 Å². The summed E-state index contributed by atoms with van der Waals surface area (Å²) in [6.45, 7) is 4.38. The van der Waals surface area contributed by atoms with E-state index < -0.39 is 11.7 Å². The van der Waals surface area contributed by atoms with Crippen LogP contribution in [-0.2, 0) is 6.18 Å². The number of hydrogen-bond acceptors (Lipinski definition) is 1. The van der Waals surface area contributed by atoms with Crippen LogP contribution in [0.5, 0.6) is 0 Å². The molecule has 0 radical (unpaired) electrons. The predicted octanol–water partition coefficient (Wildman–Crippen LogP) is 4.92. The van der Waals surface area contributed by atoms with Crippen molar-refractivity contribution in [3.05, 3.63) is 33.8 Å². The van der Waals surface area contributed by atoms with Crippen molar-refractivity contribution in [2.75, 3.05) is 6.54 Å². The van der Waals surface area contributed by atoms with Crippen LogP contribution in [0.15, 0.2) is 22.7 Å². The van der Waals surface area contributed by atoms with Crippen molar-refractivity contribution in [2.45, 2.75) is 38.9 Å². The van der Waals surface area contributed by atoms with Gasteiger partial charge in [0.1, 0.15) is 0 Å². The maximum atomic E-state index is 12.9. The third kappa shape index (κ3) is 4.84. The molecule has 0 aliphatic heterocycles. The van der Waals surface area contributed by atoms with E-state index in [0.29, 0.717) is 24.9 Å². The van der Waals surface area contributed by atoms with Crippen molar-refractivity contribution < 1.29 is 13.2 Å². The van der Waals surface area contributed by atoms with Crippen LogP contribution in [0.4, 0.5) is 13.2 Å². The molecule has 1 N–H and O–H groups in total. The van der Waals surface area contributed by atoms with Crippen LogP contribution in [0.25, 0.3) is 0 Å². The molecule has 1 atom stereocenters. The number of rotatable bonds is 5. The molecule has 0 saturated heterocycles. The molecule has 0 bridgehead atoms. The molecule has 0 spiro atoms. The minimum atomic E-state index is -4.35. The van der Waals surface area contributed by atoms with E-state index in [1.807, 2.05) is 6.92 Å². The van der Waals surface area contributed by atoms with Gasteiger partial charge < -0.3 is 5.32 Å². The molecule has 20 heavy (non-hydrogen) atoms. The largest absolute Gasteiger partial charge is 0.417 e. The van der Waals surface area contributed by atoms with Crippen LogP contribution in [0.1, 0.15) is 43.9 Å². The molecule has 110 valence electrons. The van der Waals surface area contributed by atoms with Gasteiger partial charge in [-0.15, -0.1) is 11.8 Å². The summed E-state index contributed by atoms with van der Waals surface area (Å²) in [6.07, 6.45) is -3.01. The van der Waals surface area contributed by atoms with E-state index in [9.17, 15) is 13.2 Å². The standard InChI is InChI=1S/C15H17BrF3N/c1-3-5-6-7-14(20-4-2)11-8-9-13(16)12(10-11)15(17,18)19/h8-10,14,20H,4,6-7H2,1-2H3. The summed E-state index contributed by atoms with van der Waals surface area (Å²) in [5.41, 5.74) is -0.000225. The molecule has 0 saturated carbocycles. The lowest BCUT2D eigenvalue weighted by molar-refractivity contribution is -0.138. The van der Waals surface area contributed by atoms with Crippen molar-refractivity contribution in [3.63, 3.8) is 0 Å². The lowest BCUT2D eigenvalue weighted by Gasteiger charge is -2.19. The minimum Gasteiger partial charge on any atom is -0.310 e. The number of nitrogens with one attached hydrogen (secondary N) is 1. The van der Waals surface area contributed by atoms with Crippen LogP contribution < -0.4 is 5.32 Å². The second kappa shape index (κ2) is 7.70. The second-order valence-corrected chi connectivity index (χ2v) is 5.17. The third-order valence-corrected chi connectivity index (χ3v) is 3.58. The number of benzene rings is 1. The van der Waals surface area contributed by atoms with Gasteiger partial charge in [0.05, 0.1) is 5.56 Å². The molecular formula is C15H17BrF3N. The quantitative estimate of drug-likeness (QED) is 0.745. The Kier molecular flexibility index (Phi) is 6.57. The first-order valence-electron chi connectivity index (χ1n) is 6.39. The summed E-state index contributed by atoms with van der Waals surface area (Å²) in [7, 11) is 0. The van der Waals surface area contributed by atoms with Crippen LogP contribution in [0, 0.1) is 11.8 Å². The highest BCUT2D eigenvalue weighted by Gasteiger charge is 2.33. The molecule has 0 aliphatic carbocycles. The van der Waals surface area contributed by atoms with E-state index in [-0.39, 0.29) is 10.5 Å². The lowest BCUT2D eigenvalue weighted by Crippen LogP contribution is -2.21. The van der Waals surface area contributed by atoms with Gasteiger partial charge in [-0.25, -0.2) is 0 Å². The Hall–Kier alpha value is -0.990. The summed E-state index contributed by atoms with van der Waals surface area (Å²) >= 11 is 2.96. The molecule has 1 nitrogen and oxygen atoms in total. The Labute approximate surface area is 126 Å². The van der Waals surface area contributed by atoms with Gasteiger partial charge in [0, 0.05) is 16.9 Å². The second-order valence-electron chi connectivity index (χ2n) is 4.31. The van der Waals surface area contributed by atoms with Gasteiger partial charge in [-0.05, 0) is 37.6 Å². The van der Waals surface area contributed by atoms with Gasteiger partial charge in [-0.1, -0.05) is 28.9 Å². The van der Waals surface area contributed by atoms with Gasteiger partial charge >= 0.3 is 6.18 Å². The Balaban J connectivity index is 3.03. The van der Waals surface area contributed by atoms with Crippen molar-refractivity contribution in [2.24, 2.45) is 0 Å². The molecule has 0 heterocycles. The highest BCUT2D eigenvalue weighted by molar-refractivity contribution is 9.10. The molecule has 1 unspecified atom stereocenters. The Morgan fingerprint density at radius 3 is 2.60 bits per heavy atom. The first-order valence-corrected chi connectivity index (χ1v) is 7.19. The van der Waals surface area contributed by atoms with E-state index in [2.05, 4.69) is 33.1 Å². The van der Waals surface area contributed by atoms with E-state index in [1.165, 1.54) is 12.1 Å². The number of hydrogen-bond donors (Lipinski definition) is 1. The summed E-state index contributed by atoms with van der Waals surface area (Å²) < 4.78 is 38.8. The fraction of sp³-hybridized carbons (Fsp3) is 0.467. The monoisotopic (exact) mass is 347 g/mol. The van der Waals surface area contributed by atoms with Crippen LogP contribution >= 0.6 is 15.9 Å². The van der Waals surface area contributed by atoms with Crippen LogP contribution in [0.2, 0.25) is 0 Å². The first kappa shape index (κ1) is 17.1. The van der Waals surface area contributed by atoms with Crippen molar-refractivity contribution in [3.8, 4) is 11.8 Å². The predicted molar refractivity (Wildman–Crippen MR) is 78.2 cm³/mol. The summed E-state index contributed by atoms with van der Waals surface area (Å²) in [5.74, 6) is 5.74. The molecule has 5 heteroatoms. The molecule has 0 aromatic heterocycles. The topological polar surface area (TPSA) is 12.0 Å². The van der Waals surface area contributed by atoms with Crippen molar-refractivity contribution in [1.82, 2.24) is 5.32 Å². The normalized spacial score (nSPS) is 12.7. The van der Waals surface area contributed by atoms with Crippen molar-refractivity contribution >= 4 is 15.9 Å². The van der Waals surface area contributed by atoms with Gasteiger partial charge in [-0.2, -0.15) is 13.2 Å². The summed E-state index contributed by atoms with van der Waals surface area (Å²) in [6, 6.07) is 4.26. The highest BCUT2D eigenvalue weighted by atomic mass is 79.9. The van der Waals surface area contributed by atoms with Crippen LogP contribution in [0.3, 0.4) is 0 Å². The van der Waals surface area contributed by atoms with E-state index in [4.69, 9.17) is 0 Å². The van der Waals surface area contributed by atoms with E-state index in [1.54, 1.807) is 13.0 Å². The average Bonchev–Trinajstić information content (AvgIpc) is 2.37. The van der Waals surface area contributed by atoms with Crippen LogP contribution in [-0.4, -0.2) is 6.54 Å². The average molecular weight is 348 g/mol. The third-order valence-electron chi connectivity index (χ3n) is 2.88. The molecular weight excluding hydrogens is 331 g/mol. The van der Waals surface area contributed by atoms with Gasteiger partial charge in [0.25, 0.3) is 0 Å². The Morgan fingerprint density at radius 2 is 2.05 bits per heavy atom. The fourth-order valence-corrected chi connectivity index (χ4v) is 2.42. The fourth-order valence-electron chi connectivity index (χ4n) is 1.95. The summed E-state index contributed by atoms with van der Waals surface area (Å²) in [4.78, 5) is 0. The molecule has 1 rings (SSSR count). The lowest BCUT2D eigenvalue weighted by atomic mass is 9.99.